The number of hydrogen-bond donors (Lipinski definition) is 2. The van der Waals surface area contributed by atoms with Crippen molar-refractivity contribution in [1.82, 2.24) is 4.90 Å². The molecule has 0 aromatic heterocycles. The van der Waals surface area contributed by atoms with E-state index in [2.05, 4.69) is 10.2 Å². The molecule has 5 nitrogen and oxygen atoms in total. The summed E-state index contributed by atoms with van der Waals surface area (Å²) in [5.41, 5.74) is 3.05. The zero-order chi connectivity index (χ0) is 21.5. The third-order valence-electron chi connectivity index (χ3n) is 5.24. The zero-order valence-electron chi connectivity index (χ0n) is 17.3. The summed E-state index contributed by atoms with van der Waals surface area (Å²) in [6.07, 6.45) is 0. The second-order valence-corrected chi connectivity index (χ2v) is 8.60. The molecule has 0 atom stereocenters. The van der Waals surface area contributed by atoms with Crippen LogP contribution < -0.4 is 10.1 Å². The largest absolute Gasteiger partial charge is 0.507 e. The van der Waals surface area contributed by atoms with Crippen LogP contribution in [0.25, 0.3) is 11.1 Å². The fraction of sp³-hybridized carbons (Fsp3) is 0.240. The molecule has 0 bridgehead atoms. The molecule has 0 saturated carbocycles. The van der Waals surface area contributed by atoms with E-state index in [0.717, 1.165) is 42.3 Å². The van der Waals surface area contributed by atoms with E-state index < -0.39 is 0 Å². The van der Waals surface area contributed by atoms with Crippen LogP contribution in [-0.2, 0) is 0 Å². The number of amides is 1. The summed E-state index contributed by atoms with van der Waals surface area (Å²) in [5, 5.41) is 13.0. The van der Waals surface area contributed by atoms with Gasteiger partial charge in [-0.25, -0.2) is 0 Å². The van der Waals surface area contributed by atoms with Gasteiger partial charge in [-0.15, -0.1) is 0 Å². The van der Waals surface area contributed by atoms with Crippen molar-refractivity contribution < 1.29 is 14.6 Å². The van der Waals surface area contributed by atoms with Crippen molar-refractivity contribution in [2.75, 3.05) is 43.1 Å². The fourth-order valence-electron chi connectivity index (χ4n) is 3.48. The van der Waals surface area contributed by atoms with E-state index in [1.807, 2.05) is 66.4 Å². The number of anilines is 1. The van der Waals surface area contributed by atoms with Crippen molar-refractivity contribution >= 4 is 23.4 Å². The summed E-state index contributed by atoms with van der Waals surface area (Å²) >= 11 is 1.98. The van der Waals surface area contributed by atoms with Crippen LogP contribution in [0.2, 0.25) is 0 Å². The molecule has 31 heavy (non-hydrogen) atoms. The zero-order valence-corrected chi connectivity index (χ0v) is 18.1. The molecule has 1 heterocycles. The number of hydrogen-bond acceptors (Lipinski definition) is 5. The Kier molecular flexibility index (Phi) is 7.12. The Bertz CT molecular complexity index is 1000. The minimum atomic E-state index is -0.372. The standard InChI is InChI=1S/C25H26N2O3S/c28-24-11-10-22(30-15-12-27-13-16-31-17-14-27)18-23(24)25(29)26-21-8-6-20(7-9-21)19-4-2-1-3-5-19/h1-11,18,28H,12-17H2,(H,26,29). The molecular formula is C25H26N2O3S. The van der Waals surface area contributed by atoms with Crippen LogP contribution in [0.4, 0.5) is 5.69 Å². The van der Waals surface area contributed by atoms with Gasteiger partial charge in [0.15, 0.2) is 0 Å². The number of carbonyl (C=O) groups excluding carboxylic acids is 1. The molecule has 3 aromatic carbocycles. The van der Waals surface area contributed by atoms with E-state index in [9.17, 15) is 9.90 Å². The Balaban J connectivity index is 1.37. The predicted molar refractivity (Wildman–Crippen MR) is 127 cm³/mol. The van der Waals surface area contributed by atoms with E-state index in [-0.39, 0.29) is 17.2 Å². The van der Waals surface area contributed by atoms with Gasteiger partial charge in [0.2, 0.25) is 0 Å². The maximum absolute atomic E-state index is 12.7. The number of aromatic hydroxyl groups is 1. The Morgan fingerprint density at radius 1 is 0.968 bits per heavy atom. The summed E-state index contributed by atoms with van der Waals surface area (Å²) in [6, 6.07) is 22.5. The minimum absolute atomic E-state index is 0.0705. The lowest BCUT2D eigenvalue weighted by molar-refractivity contribution is 0.102. The molecule has 0 spiro atoms. The molecule has 2 N–H and O–H groups in total. The highest BCUT2D eigenvalue weighted by atomic mass is 32.2. The van der Waals surface area contributed by atoms with Gasteiger partial charge in [-0.3, -0.25) is 9.69 Å². The lowest BCUT2D eigenvalue weighted by atomic mass is 10.1. The van der Waals surface area contributed by atoms with E-state index in [1.165, 1.54) is 6.07 Å². The first-order valence-corrected chi connectivity index (χ1v) is 11.6. The van der Waals surface area contributed by atoms with Gasteiger partial charge in [-0.05, 0) is 41.5 Å². The van der Waals surface area contributed by atoms with E-state index in [4.69, 9.17) is 4.74 Å². The summed E-state index contributed by atoms with van der Waals surface area (Å²) in [6.45, 7) is 3.58. The van der Waals surface area contributed by atoms with Crippen LogP contribution in [0.1, 0.15) is 10.4 Å². The summed E-state index contributed by atoms with van der Waals surface area (Å²) < 4.78 is 5.83. The third kappa shape index (κ3) is 5.81. The number of rotatable bonds is 7. The molecule has 0 aliphatic carbocycles. The average molecular weight is 435 g/mol. The minimum Gasteiger partial charge on any atom is -0.507 e. The summed E-state index contributed by atoms with van der Waals surface area (Å²) in [5.74, 6) is 2.46. The smallest absolute Gasteiger partial charge is 0.259 e. The van der Waals surface area contributed by atoms with Crippen molar-refractivity contribution in [3.8, 4) is 22.6 Å². The molecule has 1 aliphatic heterocycles. The van der Waals surface area contributed by atoms with Gasteiger partial charge in [0.25, 0.3) is 5.91 Å². The highest BCUT2D eigenvalue weighted by molar-refractivity contribution is 7.99. The van der Waals surface area contributed by atoms with E-state index >= 15 is 0 Å². The second kappa shape index (κ2) is 10.4. The topological polar surface area (TPSA) is 61.8 Å². The number of nitrogens with one attached hydrogen (secondary N) is 1. The molecule has 3 aromatic rings. The van der Waals surface area contributed by atoms with Crippen molar-refractivity contribution in [3.63, 3.8) is 0 Å². The first-order chi connectivity index (χ1) is 15.2. The van der Waals surface area contributed by atoms with Crippen molar-refractivity contribution in [2.45, 2.75) is 0 Å². The number of phenols is 1. The molecule has 1 fully saturated rings. The molecule has 1 aliphatic rings. The molecule has 0 radical (unpaired) electrons. The lowest BCUT2D eigenvalue weighted by Crippen LogP contribution is -2.35. The average Bonchev–Trinajstić information content (AvgIpc) is 2.82. The van der Waals surface area contributed by atoms with Gasteiger partial charge < -0.3 is 15.2 Å². The maximum Gasteiger partial charge on any atom is 0.259 e. The summed E-state index contributed by atoms with van der Waals surface area (Å²) in [7, 11) is 0. The number of ether oxygens (including phenoxy) is 1. The van der Waals surface area contributed by atoms with Crippen LogP contribution in [0, 0.1) is 0 Å². The highest BCUT2D eigenvalue weighted by Gasteiger charge is 2.14. The maximum atomic E-state index is 12.7. The predicted octanol–water partition coefficient (Wildman–Crippen LogP) is 4.74. The van der Waals surface area contributed by atoms with Crippen LogP contribution in [0.15, 0.2) is 72.8 Å². The quantitative estimate of drug-likeness (QED) is 0.562. The Morgan fingerprint density at radius 3 is 2.42 bits per heavy atom. The van der Waals surface area contributed by atoms with Gasteiger partial charge in [0.1, 0.15) is 18.1 Å². The van der Waals surface area contributed by atoms with Crippen LogP contribution in [0.5, 0.6) is 11.5 Å². The normalized spacial score (nSPS) is 14.2. The highest BCUT2D eigenvalue weighted by Crippen LogP contribution is 2.25. The first-order valence-electron chi connectivity index (χ1n) is 10.4. The monoisotopic (exact) mass is 434 g/mol. The molecule has 160 valence electrons. The number of carbonyl (C=O) groups is 1. The van der Waals surface area contributed by atoms with Gasteiger partial charge in [-0.1, -0.05) is 42.5 Å². The van der Waals surface area contributed by atoms with Crippen LogP contribution >= 0.6 is 11.8 Å². The van der Waals surface area contributed by atoms with Gasteiger partial charge in [0.05, 0.1) is 5.56 Å². The Labute approximate surface area is 187 Å². The van der Waals surface area contributed by atoms with Crippen LogP contribution in [-0.4, -0.2) is 53.7 Å². The molecular weight excluding hydrogens is 408 g/mol. The molecule has 4 rings (SSSR count). The van der Waals surface area contributed by atoms with Crippen molar-refractivity contribution in [1.29, 1.82) is 0 Å². The molecule has 1 saturated heterocycles. The SMILES string of the molecule is O=C(Nc1ccc(-c2ccccc2)cc1)c1cc(OCCN2CCSCC2)ccc1O. The Hall–Kier alpha value is -2.96. The fourth-order valence-corrected chi connectivity index (χ4v) is 4.46. The number of nitrogens with zero attached hydrogens (tertiary/aromatic N) is 1. The van der Waals surface area contributed by atoms with E-state index in [1.54, 1.807) is 12.1 Å². The Morgan fingerprint density at radius 2 is 1.68 bits per heavy atom. The second-order valence-electron chi connectivity index (χ2n) is 7.38. The van der Waals surface area contributed by atoms with Crippen molar-refractivity contribution in [2.24, 2.45) is 0 Å². The number of thioether (sulfide) groups is 1. The van der Waals surface area contributed by atoms with E-state index in [0.29, 0.717) is 18.0 Å². The van der Waals surface area contributed by atoms with Crippen molar-refractivity contribution in [3.05, 3.63) is 78.4 Å². The van der Waals surface area contributed by atoms with Gasteiger partial charge in [-0.2, -0.15) is 11.8 Å². The molecule has 6 heteroatoms. The first kappa shape index (κ1) is 21.3. The van der Waals surface area contributed by atoms with Gasteiger partial charge in [0, 0.05) is 36.8 Å². The number of benzene rings is 3. The number of phenolic OH excluding ortho intramolecular Hbond substituents is 1. The molecule has 0 unspecified atom stereocenters. The summed E-state index contributed by atoms with van der Waals surface area (Å²) in [4.78, 5) is 15.1. The third-order valence-corrected chi connectivity index (χ3v) is 6.18. The molecule has 1 amide bonds. The van der Waals surface area contributed by atoms with Crippen LogP contribution in [0.3, 0.4) is 0 Å². The van der Waals surface area contributed by atoms with Gasteiger partial charge >= 0.3 is 0 Å². The lowest BCUT2D eigenvalue weighted by Gasteiger charge is -2.25.